The molecule has 0 saturated carbocycles. The van der Waals surface area contributed by atoms with E-state index in [0.29, 0.717) is 5.69 Å². The van der Waals surface area contributed by atoms with Crippen LogP contribution in [0.15, 0.2) is 24.8 Å². The normalized spacial score (nSPS) is 13.8. The van der Waals surface area contributed by atoms with Crippen molar-refractivity contribution in [1.82, 2.24) is 19.7 Å². The molecule has 0 N–H and O–H groups in total. The van der Waals surface area contributed by atoms with Gasteiger partial charge in [-0.2, -0.15) is 5.10 Å². The Bertz CT molecular complexity index is 548. The summed E-state index contributed by atoms with van der Waals surface area (Å²) in [5, 5.41) is 4.21. The average Bonchev–Trinajstić information content (AvgIpc) is 2.76. The van der Waals surface area contributed by atoms with Crippen molar-refractivity contribution < 1.29 is 2.74 Å². The highest BCUT2D eigenvalue weighted by atomic mass is 35.5. The summed E-state index contributed by atoms with van der Waals surface area (Å²) in [6.45, 7) is 3.99. The van der Waals surface area contributed by atoms with Crippen LogP contribution in [0.25, 0.3) is 11.4 Å². The standard InChI is InChI=1S/C11H13ClN4/c1-8(2)16-10(3-4-15-16)11-9(5-12)6-13-7-14-11/h3-4,6-8H,5H2,1-2H3/i5D2. The Labute approximate surface area is 102 Å². The molecule has 2 aromatic rings. The van der Waals surface area contributed by atoms with Gasteiger partial charge in [0.2, 0.25) is 0 Å². The summed E-state index contributed by atoms with van der Waals surface area (Å²) in [5.74, 6) is -2.01. The van der Waals surface area contributed by atoms with Gasteiger partial charge in [0.1, 0.15) is 6.33 Å². The second-order valence-electron chi connectivity index (χ2n) is 3.63. The first-order valence-corrected chi connectivity index (χ1v) is 5.32. The Morgan fingerprint density at radius 1 is 1.56 bits per heavy atom. The van der Waals surface area contributed by atoms with Crippen molar-refractivity contribution in [2.24, 2.45) is 0 Å². The molecule has 5 heteroatoms. The lowest BCUT2D eigenvalue weighted by atomic mass is 10.2. The van der Waals surface area contributed by atoms with E-state index in [1.165, 1.54) is 12.5 Å². The molecule has 0 amide bonds. The molecule has 0 aromatic carbocycles. The van der Waals surface area contributed by atoms with E-state index in [9.17, 15) is 0 Å². The monoisotopic (exact) mass is 238 g/mol. The first-order valence-electron chi connectivity index (χ1n) is 5.94. The lowest BCUT2D eigenvalue weighted by Gasteiger charge is -2.11. The van der Waals surface area contributed by atoms with E-state index < -0.39 is 5.83 Å². The van der Waals surface area contributed by atoms with Gasteiger partial charge in [-0.1, -0.05) is 0 Å². The second kappa shape index (κ2) is 4.61. The fourth-order valence-electron chi connectivity index (χ4n) is 1.52. The Morgan fingerprint density at radius 3 is 3.06 bits per heavy atom. The third-order valence-corrected chi connectivity index (χ3v) is 2.42. The maximum absolute atomic E-state index is 7.62. The topological polar surface area (TPSA) is 43.6 Å². The fraction of sp³-hybridized carbons (Fsp3) is 0.364. The highest BCUT2D eigenvalue weighted by Gasteiger charge is 2.12. The molecule has 0 fully saturated rings. The van der Waals surface area contributed by atoms with Gasteiger partial charge in [0, 0.05) is 26.7 Å². The molecule has 0 atom stereocenters. The van der Waals surface area contributed by atoms with E-state index in [2.05, 4.69) is 15.1 Å². The van der Waals surface area contributed by atoms with E-state index in [1.807, 2.05) is 13.8 Å². The third-order valence-electron chi connectivity index (χ3n) is 2.22. The van der Waals surface area contributed by atoms with Crippen molar-refractivity contribution in [1.29, 1.82) is 0 Å². The fourth-order valence-corrected chi connectivity index (χ4v) is 1.65. The van der Waals surface area contributed by atoms with Gasteiger partial charge < -0.3 is 0 Å². The Morgan fingerprint density at radius 2 is 2.38 bits per heavy atom. The molecule has 0 bridgehead atoms. The molecule has 4 nitrogen and oxygen atoms in total. The maximum atomic E-state index is 7.62. The van der Waals surface area contributed by atoms with Crippen molar-refractivity contribution in [3.8, 4) is 11.4 Å². The minimum Gasteiger partial charge on any atom is -0.261 e. The van der Waals surface area contributed by atoms with Gasteiger partial charge in [0.25, 0.3) is 0 Å². The minimum absolute atomic E-state index is 0.152. The Balaban J connectivity index is 2.61. The van der Waals surface area contributed by atoms with Crippen LogP contribution in [-0.4, -0.2) is 19.7 Å². The van der Waals surface area contributed by atoms with Gasteiger partial charge in [0.15, 0.2) is 0 Å². The number of hydrogen-bond donors (Lipinski definition) is 0. The Kier molecular flexibility index (Phi) is 2.51. The summed E-state index contributed by atoms with van der Waals surface area (Å²) < 4.78 is 17.0. The molecular weight excluding hydrogens is 224 g/mol. The van der Waals surface area contributed by atoms with Gasteiger partial charge in [-0.25, -0.2) is 9.97 Å². The lowest BCUT2D eigenvalue weighted by Crippen LogP contribution is -2.06. The molecule has 0 unspecified atom stereocenters. The summed E-state index contributed by atoms with van der Waals surface area (Å²) >= 11 is 5.74. The van der Waals surface area contributed by atoms with Crippen molar-refractivity contribution in [3.05, 3.63) is 30.4 Å². The van der Waals surface area contributed by atoms with Crippen LogP contribution in [0, 0.1) is 0 Å². The quantitative estimate of drug-likeness (QED) is 0.773. The van der Waals surface area contributed by atoms with Crippen LogP contribution in [0.2, 0.25) is 0 Å². The van der Waals surface area contributed by atoms with E-state index in [-0.39, 0.29) is 11.6 Å². The number of alkyl halides is 1. The number of aromatic nitrogens is 4. The predicted molar refractivity (Wildman–Crippen MR) is 63.2 cm³/mol. The van der Waals surface area contributed by atoms with Gasteiger partial charge >= 0.3 is 0 Å². The largest absolute Gasteiger partial charge is 0.261 e. The second-order valence-corrected chi connectivity index (χ2v) is 3.82. The zero-order valence-corrected chi connectivity index (χ0v) is 9.81. The average molecular weight is 239 g/mol. The first-order chi connectivity index (χ1) is 8.41. The predicted octanol–water partition coefficient (Wildman–Crippen LogP) is 2.66. The van der Waals surface area contributed by atoms with Crippen molar-refractivity contribution >= 4 is 11.6 Å². The smallest absolute Gasteiger partial charge is 0.116 e. The number of nitrogens with zero attached hydrogens (tertiary/aromatic N) is 4. The van der Waals surface area contributed by atoms with Gasteiger partial charge in [-0.3, -0.25) is 4.68 Å². The molecule has 0 radical (unpaired) electrons. The van der Waals surface area contributed by atoms with Crippen molar-refractivity contribution in [2.75, 3.05) is 0 Å². The first kappa shape index (κ1) is 8.70. The summed E-state index contributed by atoms with van der Waals surface area (Å²) in [4.78, 5) is 7.97. The summed E-state index contributed by atoms with van der Waals surface area (Å²) in [5.41, 5.74) is 1.44. The van der Waals surface area contributed by atoms with Crippen molar-refractivity contribution in [3.63, 3.8) is 0 Å². The SMILES string of the molecule is [2H]C([2H])(Cl)c1cncnc1-c1ccnn1C(C)C. The van der Waals surface area contributed by atoms with Gasteiger partial charge in [-0.05, 0) is 19.9 Å². The van der Waals surface area contributed by atoms with E-state index in [1.54, 1.807) is 16.9 Å². The zero-order chi connectivity index (χ0) is 13.3. The Hall–Kier alpha value is -1.42. The molecule has 0 saturated heterocycles. The molecule has 2 rings (SSSR count). The van der Waals surface area contributed by atoms with E-state index in [0.717, 1.165) is 5.69 Å². The number of halogens is 1. The highest BCUT2D eigenvalue weighted by molar-refractivity contribution is 6.17. The third kappa shape index (κ3) is 1.93. The number of rotatable bonds is 3. The van der Waals surface area contributed by atoms with Gasteiger partial charge in [0.05, 0.1) is 17.2 Å². The van der Waals surface area contributed by atoms with E-state index >= 15 is 0 Å². The molecule has 2 heterocycles. The lowest BCUT2D eigenvalue weighted by molar-refractivity contribution is 0.537. The zero-order valence-electron chi connectivity index (χ0n) is 11.1. The van der Waals surface area contributed by atoms with Crippen LogP contribution in [0.3, 0.4) is 0 Å². The molecular formula is C11H13ClN4. The summed E-state index contributed by atoms with van der Waals surface area (Å²) in [6.07, 6.45) is 4.43. The molecule has 0 aliphatic rings. The maximum Gasteiger partial charge on any atom is 0.116 e. The van der Waals surface area contributed by atoms with Crippen LogP contribution in [0.1, 0.15) is 28.2 Å². The summed E-state index contributed by atoms with van der Waals surface area (Å²) in [6, 6.07) is 1.94. The molecule has 0 aliphatic heterocycles. The molecule has 84 valence electrons. The van der Waals surface area contributed by atoms with Crippen LogP contribution in [0.5, 0.6) is 0 Å². The van der Waals surface area contributed by atoms with Crippen LogP contribution >= 0.6 is 11.6 Å². The van der Waals surface area contributed by atoms with Crippen LogP contribution in [-0.2, 0) is 5.83 Å². The molecule has 0 spiro atoms. The van der Waals surface area contributed by atoms with Gasteiger partial charge in [-0.15, -0.1) is 11.6 Å². The van der Waals surface area contributed by atoms with Crippen LogP contribution in [0.4, 0.5) is 0 Å². The van der Waals surface area contributed by atoms with E-state index in [4.69, 9.17) is 14.3 Å². The molecule has 0 aliphatic carbocycles. The van der Waals surface area contributed by atoms with Crippen LogP contribution < -0.4 is 0 Å². The molecule has 2 aromatic heterocycles. The molecule has 16 heavy (non-hydrogen) atoms. The van der Waals surface area contributed by atoms with Crippen molar-refractivity contribution in [2.45, 2.75) is 25.7 Å². The number of hydrogen-bond acceptors (Lipinski definition) is 3. The minimum atomic E-state index is -2.01. The summed E-state index contributed by atoms with van der Waals surface area (Å²) in [7, 11) is 0. The highest BCUT2D eigenvalue weighted by Crippen LogP contribution is 2.23.